The molecule has 1 saturated heterocycles. The van der Waals surface area contributed by atoms with Crippen molar-refractivity contribution in [2.24, 2.45) is 5.11 Å². The molecule has 0 spiro atoms. The quantitative estimate of drug-likeness (QED) is 0.115. The summed E-state index contributed by atoms with van der Waals surface area (Å²) in [6.07, 6.45) is 4.04. The monoisotopic (exact) mass is 585 g/mol. The number of halogens is 1. The fourth-order valence-electron chi connectivity index (χ4n) is 4.76. The SMILES string of the molecule is C=CC.CNc1ccc(Oc2ccc(Nc3ncnc4ccc(N5CCN(C=O)C(C)(C)C5)nc34)c(F)c2C)cc1N=N. The molecule has 224 valence electrons. The van der Waals surface area contributed by atoms with Crippen LogP contribution in [0.3, 0.4) is 0 Å². The molecule has 0 radical (unpaired) electrons. The number of rotatable bonds is 8. The van der Waals surface area contributed by atoms with Gasteiger partial charge in [-0.3, -0.25) is 4.79 Å². The Morgan fingerprint density at radius 3 is 2.56 bits per heavy atom. The minimum Gasteiger partial charge on any atom is -0.457 e. The summed E-state index contributed by atoms with van der Waals surface area (Å²) in [5, 5.41) is 9.54. The minimum absolute atomic E-state index is 0.213. The number of ether oxygens (including phenoxy) is 1. The van der Waals surface area contributed by atoms with Crippen LogP contribution in [0.4, 0.5) is 33.1 Å². The highest BCUT2D eigenvalue weighted by atomic mass is 19.1. The lowest BCUT2D eigenvalue weighted by atomic mass is 9.99. The van der Waals surface area contributed by atoms with Crippen molar-refractivity contribution in [1.29, 1.82) is 5.53 Å². The van der Waals surface area contributed by atoms with Crippen LogP contribution in [0.15, 0.2) is 66.6 Å². The third kappa shape index (κ3) is 6.69. The zero-order chi connectivity index (χ0) is 31.1. The van der Waals surface area contributed by atoms with E-state index >= 15 is 4.39 Å². The average molecular weight is 586 g/mol. The number of fused-ring (bicyclic) bond motifs is 1. The molecule has 11 nitrogen and oxygen atoms in total. The second-order valence-electron chi connectivity index (χ2n) is 10.5. The first kappa shape index (κ1) is 30.8. The number of amides is 1. The van der Waals surface area contributed by atoms with Crippen molar-refractivity contribution < 1.29 is 13.9 Å². The number of nitrogens with one attached hydrogen (secondary N) is 3. The first-order chi connectivity index (χ1) is 20.6. The second kappa shape index (κ2) is 13.2. The number of benzene rings is 2. The van der Waals surface area contributed by atoms with Crippen LogP contribution in [0, 0.1) is 18.3 Å². The average Bonchev–Trinajstić information content (AvgIpc) is 3.00. The topological polar surface area (TPSA) is 132 Å². The van der Waals surface area contributed by atoms with E-state index in [0.29, 0.717) is 64.9 Å². The predicted molar refractivity (Wildman–Crippen MR) is 168 cm³/mol. The largest absolute Gasteiger partial charge is 0.457 e. The summed E-state index contributed by atoms with van der Waals surface area (Å²) in [5.74, 6) is 1.37. The Balaban J connectivity index is 0.00000135. The van der Waals surface area contributed by atoms with Gasteiger partial charge in [0.15, 0.2) is 11.6 Å². The summed E-state index contributed by atoms with van der Waals surface area (Å²) in [5.41, 5.74) is 9.75. The van der Waals surface area contributed by atoms with Gasteiger partial charge in [0.25, 0.3) is 0 Å². The van der Waals surface area contributed by atoms with Gasteiger partial charge >= 0.3 is 0 Å². The van der Waals surface area contributed by atoms with E-state index in [4.69, 9.17) is 15.3 Å². The Morgan fingerprint density at radius 2 is 1.88 bits per heavy atom. The highest BCUT2D eigenvalue weighted by Gasteiger charge is 2.33. The molecule has 3 N–H and O–H groups in total. The molecular weight excluding hydrogens is 549 g/mol. The fraction of sp³-hybridized carbons (Fsp3) is 0.290. The number of carbonyl (C=O) groups excluding carboxylic acids is 1. The standard InChI is InChI=1S/C28H30FN9O2.C3H6/c1-17-23(40-18-5-6-19(31-4)22(13-18)36-30)9-7-20(25(17)29)34-27-26-21(32-15-33-27)8-10-24(35-26)37-11-12-38(16-39)28(2,3)14-37;1-3-2/h5-10,13,15-16,30-31H,11-12,14H2,1-4H3,(H,32,33,34);3H,1H2,2H3. The normalized spacial score (nSPS) is 13.9. The number of carbonyl (C=O) groups is 1. The molecule has 2 aromatic carbocycles. The first-order valence-corrected chi connectivity index (χ1v) is 13.7. The lowest BCUT2D eigenvalue weighted by molar-refractivity contribution is -0.123. The fourth-order valence-corrected chi connectivity index (χ4v) is 4.76. The van der Waals surface area contributed by atoms with Crippen LogP contribution >= 0.6 is 0 Å². The zero-order valence-corrected chi connectivity index (χ0v) is 25.0. The van der Waals surface area contributed by atoms with Crippen LogP contribution in [0.25, 0.3) is 11.0 Å². The highest BCUT2D eigenvalue weighted by Crippen LogP contribution is 2.36. The van der Waals surface area contributed by atoms with Crippen LogP contribution in [0.5, 0.6) is 11.5 Å². The van der Waals surface area contributed by atoms with E-state index in [1.54, 1.807) is 55.3 Å². The third-order valence-electron chi connectivity index (χ3n) is 7.06. The van der Waals surface area contributed by atoms with Gasteiger partial charge in [-0.15, -0.1) is 6.58 Å². The zero-order valence-electron chi connectivity index (χ0n) is 25.0. The van der Waals surface area contributed by atoms with Crippen LogP contribution in [0.2, 0.25) is 0 Å². The Morgan fingerprint density at radius 1 is 1.14 bits per heavy atom. The Kier molecular flexibility index (Phi) is 9.49. The van der Waals surface area contributed by atoms with Crippen LogP contribution < -0.4 is 20.3 Å². The van der Waals surface area contributed by atoms with Gasteiger partial charge in [-0.1, -0.05) is 6.08 Å². The van der Waals surface area contributed by atoms with Gasteiger partial charge in [-0.25, -0.2) is 24.9 Å². The van der Waals surface area contributed by atoms with E-state index in [9.17, 15) is 4.79 Å². The number of anilines is 4. The molecule has 0 saturated carbocycles. The first-order valence-electron chi connectivity index (χ1n) is 13.7. The Hall–Kier alpha value is -5.13. The van der Waals surface area contributed by atoms with Crippen molar-refractivity contribution in [2.45, 2.75) is 33.2 Å². The molecule has 0 bridgehead atoms. The number of piperazine rings is 1. The van der Waals surface area contributed by atoms with Crippen molar-refractivity contribution in [1.82, 2.24) is 19.9 Å². The Labute approximate surface area is 250 Å². The molecule has 0 atom stereocenters. The maximum atomic E-state index is 15.5. The van der Waals surface area contributed by atoms with Crippen molar-refractivity contribution in [3.63, 3.8) is 0 Å². The van der Waals surface area contributed by atoms with Gasteiger partial charge in [0.1, 0.15) is 34.8 Å². The number of aromatic nitrogens is 3. The van der Waals surface area contributed by atoms with E-state index in [-0.39, 0.29) is 11.2 Å². The number of pyridine rings is 1. The van der Waals surface area contributed by atoms with E-state index in [1.165, 1.54) is 6.33 Å². The summed E-state index contributed by atoms with van der Waals surface area (Å²) in [4.78, 5) is 28.8. The smallest absolute Gasteiger partial charge is 0.210 e. The predicted octanol–water partition coefficient (Wildman–Crippen LogP) is 6.96. The Bertz CT molecular complexity index is 1640. The molecule has 1 aliphatic heterocycles. The number of allylic oxidation sites excluding steroid dienone is 1. The van der Waals surface area contributed by atoms with Crippen molar-refractivity contribution in [3.8, 4) is 11.5 Å². The van der Waals surface area contributed by atoms with Crippen LogP contribution in [-0.4, -0.2) is 58.5 Å². The summed E-state index contributed by atoms with van der Waals surface area (Å²) >= 11 is 0. The number of nitrogens with zero attached hydrogens (tertiary/aromatic N) is 6. The maximum Gasteiger partial charge on any atom is 0.210 e. The van der Waals surface area contributed by atoms with Crippen LogP contribution in [-0.2, 0) is 4.79 Å². The summed E-state index contributed by atoms with van der Waals surface area (Å²) < 4.78 is 21.4. The van der Waals surface area contributed by atoms with Crippen LogP contribution in [0.1, 0.15) is 26.3 Å². The van der Waals surface area contributed by atoms with E-state index in [1.807, 2.05) is 32.9 Å². The van der Waals surface area contributed by atoms with Crippen molar-refractivity contribution in [2.75, 3.05) is 42.2 Å². The van der Waals surface area contributed by atoms with Gasteiger partial charge in [0, 0.05) is 38.3 Å². The number of hydrogen-bond donors (Lipinski definition) is 3. The van der Waals surface area contributed by atoms with Gasteiger partial charge in [-0.2, -0.15) is 5.11 Å². The third-order valence-corrected chi connectivity index (χ3v) is 7.06. The molecule has 1 aliphatic rings. The summed E-state index contributed by atoms with van der Waals surface area (Å²) in [6, 6.07) is 12.1. The summed E-state index contributed by atoms with van der Waals surface area (Å²) in [7, 11) is 1.74. The van der Waals surface area contributed by atoms with Gasteiger partial charge < -0.3 is 25.2 Å². The molecule has 0 aliphatic carbocycles. The van der Waals surface area contributed by atoms with Gasteiger partial charge in [-0.05, 0) is 64.1 Å². The van der Waals surface area contributed by atoms with Crippen molar-refractivity contribution in [3.05, 3.63) is 72.8 Å². The van der Waals surface area contributed by atoms with E-state index in [2.05, 4.69) is 37.2 Å². The lowest BCUT2D eigenvalue weighted by Crippen LogP contribution is -2.58. The minimum atomic E-state index is -0.496. The molecular formula is C31H36FN9O2. The summed E-state index contributed by atoms with van der Waals surface area (Å²) in [6.45, 7) is 12.8. The maximum absolute atomic E-state index is 15.5. The molecule has 5 rings (SSSR count). The molecule has 1 amide bonds. The molecule has 12 heteroatoms. The molecule has 0 unspecified atom stereocenters. The highest BCUT2D eigenvalue weighted by molar-refractivity contribution is 5.88. The van der Waals surface area contributed by atoms with Gasteiger partial charge in [0.05, 0.1) is 22.4 Å². The van der Waals surface area contributed by atoms with E-state index < -0.39 is 5.82 Å². The molecule has 2 aromatic heterocycles. The molecule has 4 aromatic rings. The molecule has 1 fully saturated rings. The molecule has 3 heterocycles. The van der Waals surface area contributed by atoms with Gasteiger partial charge in [0.2, 0.25) is 6.41 Å². The molecule has 43 heavy (non-hydrogen) atoms. The lowest BCUT2D eigenvalue weighted by Gasteiger charge is -2.45. The number of hydrogen-bond acceptors (Lipinski definition) is 10. The second-order valence-corrected chi connectivity index (χ2v) is 10.5. The van der Waals surface area contributed by atoms with Crippen molar-refractivity contribution >= 4 is 46.1 Å². The van der Waals surface area contributed by atoms with E-state index in [0.717, 1.165) is 12.2 Å².